The Kier molecular flexibility index (Phi) is 4.69. The van der Waals surface area contributed by atoms with Gasteiger partial charge in [0.25, 0.3) is 0 Å². The largest absolute Gasteiger partial charge is 0.378 e. The van der Waals surface area contributed by atoms with Crippen LogP contribution in [0, 0.1) is 11.8 Å². The van der Waals surface area contributed by atoms with Crippen LogP contribution in [0.2, 0.25) is 0 Å². The van der Waals surface area contributed by atoms with Crippen LogP contribution in [0.1, 0.15) is 37.7 Å². The summed E-state index contributed by atoms with van der Waals surface area (Å²) in [5.74, 6) is 0.779. The lowest BCUT2D eigenvalue weighted by Crippen LogP contribution is -2.54. The molecule has 1 N–H and O–H groups in total. The molecule has 4 nitrogen and oxygen atoms in total. The molecule has 3 atom stereocenters. The van der Waals surface area contributed by atoms with Crippen LogP contribution in [0.3, 0.4) is 0 Å². The highest BCUT2D eigenvalue weighted by molar-refractivity contribution is 7.07. The highest BCUT2D eigenvalue weighted by Gasteiger charge is 2.42. The van der Waals surface area contributed by atoms with E-state index in [1.165, 1.54) is 12.0 Å². The Morgan fingerprint density at radius 3 is 3.00 bits per heavy atom. The van der Waals surface area contributed by atoms with Crippen molar-refractivity contribution in [1.29, 1.82) is 0 Å². The summed E-state index contributed by atoms with van der Waals surface area (Å²) < 4.78 is 5.99. The van der Waals surface area contributed by atoms with Crippen molar-refractivity contribution >= 4 is 17.2 Å². The maximum Gasteiger partial charge on any atom is 0.223 e. The molecule has 126 valence electrons. The van der Waals surface area contributed by atoms with Gasteiger partial charge in [0.2, 0.25) is 5.91 Å². The monoisotopic (exact) mass is 334 g/mol. The van der Waals surface area contributed by atoms with Gasteiger partial charge in [-0.15, -0.1) is 0 Å². The third-order valence-corrected chi connectivity index (χ3v) is 6.46. The zero-order chi connectivity index (χ0) is 15.6. The first-order chi connectivity index (χ1) is 11.3. The number of nitrogens with one attached hydrogen (secondary N) is 1. The van der Waals surface area contributed by atoms with E-state index >= 15 is 0 Å². The van der Waals surface area contributed by atoms with Crippen LogP contribution in [0.25, 0.3) is 0 Å². The van der Waals surface area contributed by atoms with E-state index in [0.717, 1.165) is 51.9 Å². The van der Waals surface area contributed by atoms with E-state index in [1.54, 1.807) is 11.3 Å². The van der Waals surface area contributed by atoms with E-state index in [2.05, 4.69) is 27.0 Å². The fourth-order valence-electron chi connectivity index (χ4n) is 4.16. The summed E-state index contributed by atoms with van der Waals surface area (Å²) in [7, 11) is 0. The third kappa shape index (κ3) is 3.47. The molecule has 2 saturated heterocycles. The number of piperidine rings is 1. The van der Waals surface area contributed by atoms with Gasteiger partial charge in [-0.1, -0.05) is 0 Å². The topological polar surface area (TPSA) is 41.6 Å². The lowest BCUT2D eigenvalue weighted by molar-refractivity contribution is -0.143. The zero-order valence-electron chi connectivity index (χ0n) is 13.6. The van der Waals surface area contributed by atoms with E-state index in [4.69, 9.17) is 4.74 Å². The summed E-state index contributed by atoms with van der Waals surface area (Å²) >= 11 is 1.76. The quantitative estimate of drug-likeness (QED) is 0.920. The molecule has 0 spiro atoms. The van der Waals surface area contributed by atoms with E-state index < -0.39 is 0 Å². The second-order valence-corrected chi connectivity index (χ2v) is 8.04. The standard InChI is InChI=1S/C18H26N2O2S/c21-18(19-14-2-1-3-14)15-5-8-22-17-4-7-20(11-16(15)17)10-13-6-9-23-12-13/h6,9,12,14-17H,1-5,7-8,10-11H2,(H,19,21)/t15-,16+,17-/m1/s1. The van der Waals surface area contributed by atoms with Crippen LogP contribution in [0.5, 0.6) is 0 Å². The summed E-state index contributed by atoms with van der Waals surface area (Å²) in [4.78, 5) is 15.2. The molecule has 3 fully saturated rings. The number of ether oxygens (including phenoxy) is 1. The summed E-state index contributed by atoms with van der Waals surface area (Å²) in [5.41, 5.74) is 1.39. The van der Waals surface area contributed by atoms with E-state index in [9.17, 15) is 4.79 Å². The summed E-state index contributed by atoms with van der Waals surface area (Å²) in [6.45, 7) is 3.81. The SMILES string of the molecule is O=C(NC1CCC1)[C@@H]1CCO[C@@H]2CCN(Cc3ccsc3)C[C@H]21. The maximum atomic E-state index is 12.7. The fraction of sp³-hybridized carbons (Fsp3) is 0.722. The average Bonchev–Trinajstić information content (AvgIpc) is 3.03. The van der Waals surface area contributed by atoms with Crippen LogP contribution >= 0.6 is 11.3 Å². The predicted octanol–water partition coefficient (Wildman–Crippen LogP) is 2.64. The lowest BCUT2D eigenvalue weighted by Gasteiger charge is -2.45. The third-order valence-electron chi connectivity index (χ3n) is 5.73. The molecule has 1 aromatic heterocycles. The van der Waals surface area contributed by atoms with Gasteiger partial charge in [0.1, 0.15) is 0 Å². The van der Waals surface area contributed by atoms with Crippen molar-refractivity contribution < 1.29 is 9.53 Å². The summed E-state index contributed by atoms with van der Waals surface area (Å²) in [6, 6.07) is 2.64. The first kappa shape index (κ1) is 15.6. The molecule has 1 aromatic rings. The van der Waals surface area contributed by atoms with Gasteiger partial charge in [0, 0.05) is 44.1 Å². The molecule has 5 heteroatoms. The molecule has 0 bridgehead atoms. The minimum Gasteiger partial charge on any atom is -0.378 e. The van der Waals surface area contributed by atoms with Gasteiger partial charge in [0.15, 0.2) is 0 Å². The Morgan fingerprint density at radius 1 is 1.35 bits per heavy atom. The van der Waals surface area contributed by atoms with E-state index in [-0.39, 0.29) is 17.9 Å². The number of thiophene rings is 1. The number of amides is 1. The Labute approximate surface area is 142 Å². The van der Waals surface area contributed by atoms with Gasteiger partial charge in [-0.25, -0.2) is 0 Å². The second-order valence-electron chi connectivity index (χ2n) is 7.26. The van der Waals surface area contributed by atoms with Crippen LogP contribution in [0.4, 0.5) is 0 Å². The van der Waals surface area contributed by atoms with Crippen molar-refractivity contribution in [2.24, 2.45) is 11.8 Å². The van der Waals surface area contributed by atoms with Gasteiger partial charge in [-0.2, -0.15) is 11.3 Å². The highest BCUT2D eigenvalue weighted by Crippen LogP contribution is 2.34. The van der Waals surface area contributed by atoms with Crippen molar-refractivity contribution in [2.45, 2.75) is 50.8 Å². The van der Waals surface area contributed by atoms with E-state index in [1.807, 2.05) is 0 Å². The van der Waals surface area contributed by atoms with Crippen molar-refractivity contribution in [3.63, 3.8) is 0 Å². The first-order valence-corrected chi connectivity index (χ1v) is 9.89. The van der Waals surface area contributed by atoms with Crippen LogP contribution < -0.4 is 5.32 Å². The molecule has 23 heavy (non-hydrogen) atoms. The van der Waals surface area contributed by atoms with Gasteiger partial charge < -0.3 is 10.1 Å². The molecule has 1 aliphatic carbocycles. The Balaban J connectivity index is 1.40. The number of rotatable bonds is 4. The molecule has 2 aliphatic heterocycles. The molecule has 3 aliphatic rings. The molecular formula is C18H26N2O2S. The molecule has 1 amide bonds. The number of fused-ring (bicyclic) bond motifs is 1. The molecule has 0 radical (unpaired) electrons. The molecule has 3 heterocycles. The smallest absolute Gasteiger partial charge is 0.223 e. The lowest BCUT2D eigenvalue weighted by atomic mass is 9.78. The summed E-state index contributed by atoms with van der Waals surface area (Å²) in [6.07, 6.45) is 5.80. The number of nitrogens with zero attached hydrogens (tertiary/aromatic N) is 1. The predicted molar refractivity (Wildman–Crippen MR) is 91.3 cm³/mol. The number of carbonyl (C=O) groups is 1. The van der Waals surface area contributed by atoms with Gasteiger partial charge in [0.05, 0.1) is 6.10 Å². The first-order valence-electron chi connectivity index (χ1n) is 8.95. The normalized spacial score (nSPS) is 32.1. The molecule has 1 saturated carbocycles. The van der Waals surface area contributed by atoms with Crippen LogP contribution in [0.15, 0.2) is 16.8 Å². The highest BCUT2D eigenvalue weighted by atomic mass is 32.1. The Hall–Kier alpha value is -0.910. The van der Waals surface area contributed by atoms with Gasteiger partial charge in [-0.3, -0.25) is 9.69 Å². The molecule has 0 aromatic carbocycles. The maximum absolute atomic E-state index is 12.7. The molecule has 0 unspecified atom stereocenters. The number of hydrogen-bond acceptors (Lipinski definition) is 4. The van der Waals surface area contributed by atoms with Crippen molar-refractivity contribution in [2.75, 3.05) is 19.7 Å². The average molecular weight is 334 g/mol. The van der Waals surface area contributed by atoms with Gasteiger partial charge in [-0.05, 0) is 54.5 Å². The fourth-order valence-corrected chi connectivity index (χ4v) is 4.82. The minimum absolute atomic E-state index is 0.139. The van der Waals surface area contributed by atoms with Crippen LogP contribution in [-0.2, 0) is 16.1 Å². The number of hydrogen-bond donors (Lipinski definition) is 1. The van der Waals surface area contributed by atoms with Crippen molar-refractivity contribution in [3.05, 3.63) is 22.4 Å². The number of likely N-dealkylation sites (tertiary alicyclic amines) is 1. The van der Waals surface area contributed by atoms with Gasteiger partial charge >= 0.3 is 0 Å². The van der Waals surface area contributed by atoms with Crippen molar-refractivity contribution in [1.82, 2.24) is 10.2 Å². The number of carbonyl (C=O) groups excluding carboxylic acids is 1. The van der Waals surface area contributed by atoms with Crippen molar-refractivity contribution in [3.8, 4) is 0 Å². The Bertz CT molecular complexity index is 529. The minimum atomic E-state index is 0.139. The zero-order valence-corrected chi connectivity index (χ0v) is 14.4. The van der Waals surface area contributed by atoms with E-state index in [0.29, 0.717) is 12.0 Å². The Morgan fingerprint density at radius 2 is 2.26 bits per heavy atom. The molecule has 4 rings (SSSR count). The van der Waals surface area contributed by atoms with Crippen LogP contribution in [-0.4, -0.2) is 42.6 Å². The second kappa shape index (κ2) is 6.91. The summed E-state index contributed by atoms with van der Waals surface area (Å²) in [5, 5.41) is 7.63. The molecular weight excluding hydrogens is 308 g/mol.